The van der Waals surface area contributed by atoms with Gasteiger partial charge in [-0.2, -0.15) is 0 Å². The van der Waals surface area contributed by atoms with Crippen molar-refractivity contribution in [3.8, 4) is 0 Å². The Hall–Kier alpha value is -1.56. The molecule has 1 aromatic rings. The third-order valence-corrected chi connectivity index (χ3v) is 3.08. The number of carbonyl (C=O) groups excluding carboxylic acids is 1. The average Bonchev–Trinajstić information content (AvgIpc) is 2.39. The molecule has 0 saturated heterocycles. The number of urea groups is 1. The Balaban J connectivity index is 1.72. The summed E-state index contributed by atoms with van der Waals surface area (Å²) in [6.45, 7) is 0. The molecule has 0 bridgehead atoms. The lowest BCUT2D eigenvalue weighted by molar-refractivity contribution is 0.234. The van der Waals surface area contributed by atoms with Crippen molar-refractivity contribution in [1.29, 1.82) is 0 Å². The minimum absolute atomic E-state index is 0.251. The molecular weight excluding hydrogens is 254 g/mol. The zero-order valence-corrected chi connectivity index (χ0v) is 10.7. The zero-order valence-electron chi connectivity index (χ0n) is 9.95. The minimum Gasteiger partial charge on any atom is -0.334 e. The molecule has 1 fully saturated rings. The van der Waals surface area contributed by atoms with Crippen molar-refractivity contribution in [3.63, 3.8) is 0 Å². The summed E-state index contributed by atoms with van der Waals surface area (Å²) in [5.41, 5.74) is 5.19. The Morgan fingerprint density at radius 1 is 1.22 bits per heavy atom. The number of hydrogen-bond donors (Lipinski definition) is 3. The van der Waals surface area contributed by atoms with Crippen LogP contribution in [0.15, 0.2) is 12.1 Å². The van der Waals surface area contributed by atoms with Gasteiger partial charge in [0.25, 0.3) is 0 Å². The molecule has 0 aromatic carbocycles. The highest BCUT2D eigenvalue weighted by Gasteiger charge is 2.15. The summed E-state index contributed by atoms with van der Waals surface area (Å²) in [6.07, 6.45) is 5.73. The van der Waals surface area contributed by atoms with Gasteiger partial charge in [0.2, 0.25) is 0 Å². The number of rotatable bonds is 3. The molecule has 1 aliphatic rings. The van der Waals surface area contributed by atoms with Crippen LogP contribution in [0.3, 0.4) is 0 Å². The number of halogens is 1. The van der Waals surface area contributed by atoms with E-state index in [4.69, 9.17) is 11.6 Å². The van der Waals surface area contributed by atoms with Crippen molar-refractivity contribution >= 4 is 23.4 Å². The maximum atomic E-state index is 11.6. The number of carbonyl (C=O) groups is 1. The maximum absolute atomic E-state index is 11.6. The van der Waals surface area contributed by atoms with Gasteiger partial charge in [0, 0.05) is 6.04 Å². The fraction of sp³-hybridized carbons (Fsp3) is 0.545. The van der Waals surface area contributed by atoms with E-state index < -0.39 is 0 Å². The fourth-order valence-electron chi connectivity index (χ4n) is 1.97. The highest BCUT2D eigenvalue weighted by Crippen LogP contribution is 2.17. The van der Waals surface area contributed by atoms with Gasteiger partial charge in [-0.05, 0) is 25.0 Å². The molecule has 1 aromatic heterocycles. The summed E-state index contributed by atoms with van der Waals surface area (Å²) in [5, 5.41) is 10.6. The van der Waals surface area contributed by atoms with Crippen LogP contribution in [0.4, 0.5) is 10.6 Å². The third-order valence-electron chi connectivity index (χ3n) is 2.88. The Morgan fingerprint density at radius 3 is 2.67 bits per heavy atom. The topological polar surface area (TPSA) is 78.9 Å². The van der Waals surface area contributed by atoms with E-state index in [1.807, 2.05) is 0 Å². The number of amides is 2. The molecule has 0 aliphatic heterocycles. The van der Waals surface area contributed by atoms with E-state index in [2.05, 4.69) is 26.4 Å². The molecule has 0 spiro atoms. The summed E-state index contributed by atoms with van der Waals surface area (Å²) >= 11 is 5.60. The van der Waals surface area contributed by atoms with Crippen LogP contribution >= 0.6 is 11.6 Å². The number of hydrogen-bond acceptors (Lipinski definition) is 4. The number of aromatic nitrogens is 2. The standard InChI is InChI=1S/C11H16ClN5O/c12-9-6-7-10(15-14-9)16-17-11(18)13-8-4-2-1-3-5-8/h6-8H,1-5H2,(H,15,16)(H2,13,17,18). The van der Waals surface area contributed by atoms with Gasteiger partial charge in [0.15, 0.2) is 11.0 Å². The van der Waals surface area contributed by atoms with E-state index in [-0.39, 0.29) is 12.1 Å². The molecule has 2 rings (SSSR count). The van der Waals surface area contributed by atoms with Crippen LogP contribution in [0.5, 0.6) is 0 Å². The van der Waals surface area contributed by atoms with E-state index in [1.54, 1.807) is 12.1 Å². The third kappa shape index (κ3) is 4.03. The van der Waals surface area contributed by atoms with Gasteiger partial charge in [-0.15, -0.1) is 10.2 Å². The van der Waals surface area contributed by atoms with E-state index in [9.17, 15) is 4.79 Å². The Labute approximate surface area is 110 Å². The van der Waals surface area contributed by atoms with E-state index in [0.29, 0.717) is 11.0 Å². The Morgan fingerprint density at radius 2 is 2.00 bits per heavy atom. The number of nitrogens with one attached hydrogen (secondary N) is 3. The number of nitrogens with zero attached hydrogens (tertiary/aromatic N) is 2. The lowest BCUT2D eigenvalue weighted by atomic mass is 9.96. The molecule has 1 heterocycles. The first-order valence-corrected chi connectivity index (χ1v) is 6.43. The molecule has 0 radical (unpaired) electrons. The fourth-order valence-corrected chi connectivity index (χ4v) is 2.07. The second kappa shape index (κ2) is 6.39. The van der Waals surface area contributed by atoms with Gasteiger partial charge in [-0.3, -0.25) is 10.9 Å². The lowest BCUT2D eigenvalue weighted by Crippen LogP contribution is -2.45. The van der Waals surface area contributed by atoms with Crippen LogP contribution in [-0.4, -0.2) is 22.3 Å². The summed E-state index contributed by atoms with van der Waals surface area (Å²) in [7, 11) is 0. The Kier molecular flexibility index (Phi) is 4.58. The molecule has 0 atom stereocenters. The van der Waals surface area contributed by atoms with E-state index in [0.717, 1.165) is 12.8 Å². The van der Waals surface area contributed by atoms with Gasteiger partial charge in [0.1, 0.15) is 0 Å². The SMILES string of the molecule is O=C(NNc1ccc(Cl)nn1)NC1CCCCC1. The molecule has 98 valence electrons. The molecule has 18 heavy (non-hydrogen) atoms. The molecule has 1 saturated carbocycles. The Bertz CT molecular complexity index is 391. The first-order valence-electron chi connectivity index (χ1n) is 6.06. The van der Waals surface area contributed by atoms with Crippen molar-refractivity contribution in [2.45, 2.75) is 38.1 Å². The van der Waals surface area contributed by atoms with Crippen molar-refractivity contribution in [2.24, 2.45) is 0 Å². The van der Waals surface area contributed by atoms with Crippen LogP contribution in [0.1, 0.15) is 32.1 Å². The predicted octanol–water partition coefficient (Wildman–Crippen LogP) is 2.09. The quantitative estimate of drug-likeness (QED) is 0.734. The van der Waals surface area contributed by atoms with Crippen LogP contribution in [0.2, 0.25) is 5.15 Å². The average molecular weight is 270 g/mol. The van der Waals surface area contributed by atoms with Crippen LogP contribution in [0, 0.1) is 0 Å². The van der Waals surface area contributed by atoms with Gasteiger partial charge in [-0.1, -0.05) is 30.9 Å². The summed E-state index contributed by atoms with van der Waals surface area (Å²) in [5.74, 6) is 0.443. The molecule has 3 N–H and O–H groups in total. The molecule has 0 unspecified atom stereocenters. The highest BCUT2D eigenvalue weighted by molar-refractivity contribution is 6.29. The van der Waals surface area contributed by atoms with Crippen LogP contribution in [-0.2, 0) is 0 Å². The van der Waals surface area contributed by atoms with E-state index in [1.165, 1.54) is 19.3 Å². The first-order chi connectivity index (χ1) is 8.74. The molecule has 6 nitrogen and oxygen atoms in total. The molecule has 1 aliphatic carbocycles. The number of hydrazine groups is 1. The second-order valence-corrected chi connectivity index (χ2v) is 4.69. The first kappa shape index (κ1) is 12.9. The van der Waals surface area contributed by atoms with Gasteiger partial charge < -0.3 is 5.32 Å². The number of anilines is 1. The summed E-state index contributed by atoms with van der Waals surface area (Å²) < 4.78 is 0. The smallest absolute Gasteiger partial charge is 0.333 e. The van der Waals surface area contributed by atoms with Gasteiger partial charge in [0.05, 0.1) is 0 Å². The summed E-state index contributed by atoms with van der Waals surface area (Å²) in [6, 6.07) is 3.25. The summed E-state index contributed by atoms with van der Waals surface area (Å²) in [4.78, 5) is 11.6. The van der Waals surface area contributed by atoms with Crippen molar-refractivity contribution < 1.29 is 4.79 Å². The van der Waals surface area contributed by atoms with Gasteiger partial charge in [-0.25, -0.2) is 4.79 Å². The van der Waals surface area contributed by atoms with Gasteiger partial charge >= 0.3 is 6.03 Å². The lowest BCUT2D eigenvalue weighted by Gasteiger charge is -2.22. The minimum atomic E-state index is -0.251. The normalized spacial score (nSPS) is 16.1. The van der Waals surface area contributed by atoms with Crippen molar-refractivity contribution in [1.82, 2.24) is 20.9 Å². The van der Waals surface area contributed by atoms with Crippen molar-refractivity contribution in [2.75, 3.05) is 5.43 Å². The molecule has 7 heteroatoms. The molecule has 2 amide bonds. The largest absolute Gasteiger partial charge is 0.334 e. The maximum Gasteiger partial charge on any atom is 0.333 e. The zero-order chi connectivity index (χ0) is 12.8. The van der Waals surface area contributed by atoms with Crippen LogP contribution in [0.25, 0.3) is 0 Å². The highest BCUT2D eigenvalue weighted by atomic mass is 35.5. The monoisotopic (exact) mass is 269 g/mol. The second-order valence-electron chi connectivity index (χ2n) is 4.30. The van der Waals surface area contributed by atoms with E-state index >= 15 is 0 Å². The van der Waals surface area contributed by atoms with Crippen LogP contribution < -0.4 is 16.2 Å². The predicted molar refractivity (Wildman–Crippen MR) is 69.2 cm³/mol. The van der Waals surface area contributed by atoms with Crippen molar-refractivity contribution in [3.05, 3.63) is 17.3 Å². The molecular formula is C11H16ClN5O.